The molecule has 8 aliphatic carbocycles. The van der Waals surface area contributed by atoms with Crippen LogP contribution in [0.4, 0.5) is 0 Å². The van der Waals surface area contributed by atoms with Crippen molar-refractivity contribution in [2.24, 2.45) is 79.8 Å². The van der Waals surface area contributed by atoms with Crippen LogP contribution >= 0.6 is 0 Å². The van der Waals surface area contributed by atoms with Crippen LogP contribution in [0.25, 0.3) is 0 Å². The maximum Gasteiger partial charge on any atom is 0.331 e. The second-order valence-electron chi connectivity index (χ2n) is 27.3. The molecule has 0 radical (unpaired) electrons. The Morgan fingerprint density at radius 3 is 1.15 bits per heavy atom. The topological polar surface area (TPSA) is 208 Å². The molecule has 416 valence electrons. The van der Waals surface area contributed by atoms with E-state index in [0.717, 1.165) is 73.7 Å². The Labute approximate surface area is 443 Å². The highest BCUT2D eigenvalue weighted by molar-refractivity contribution is 5.89. The molecular formula is C62H96O12. The van der Waals surface area contributed by atoms with Crippen LogP contribution in [-0.4, -0.2) is 91.1 Å². The molecule has 0 aromatic rings. The predicted octanol–water partition coefficient (Wildman–Crippen LogP) is 11.3. The van der Waals surface area contributed by atoms with E-state index in [1.54, 1.807) is 0 Å². The summed E-state index contributed by atoms with van der Waals surface area (Å²) in [6, 6.07) is 0. The number of allylic oxidation sites excluding steroid dienone is 4. The number of rotatable bonds is 10. The summed E-state index contributed by atoms with van der Waals surface area (Å²) < 4.78 is 11.7. The molecule has 0 amide bonds. The first-order chi connectivity index (χ1) is 34.3. The Kier molecular flexibility index (Phi) is 16.7. The highest BCUT2D eigenvalue weighted by Gasteiger charge is 2.73. The number of carbonyl (C=O) groups excluding carboxylic acids is 2. The number of carbonyl (C=O) groups is 4. The second-order valence-corrected chi connectivity index (χ2v) is 27.3. The Bertz CT molecular complexity index is 2150. The van der Waals surface area contributed by atoms with E-state index in [0.29, 0.717) is 74.3 Å². The first kappa shape index (κ1) is 58.4. The summed E-state index contributed by atoms with van der Waals surface area (Å²) in [7, 11) is 0. The lowest BCUT2D eigenvalue weighted by Crippen LogP contribution is -2.65. The van der Waals surface area contributed by atoms with Gasteiger partial charge in [-0.1, -0.05) is 78.7 Å². The molecule has 0 unspecified atom stereocenters. The van der Waals surface area contributed by atoms with Gasteiger partial charge in [0.2, 0.25) is 0 Å². The van der Waals surface area contributed by atoms with Gasteiger partial charge in [-0.15, -0.1) is 0 Å². The van der Waals surface area contributed by atoms with Crippen molar-refractivity contribution in [2.45, 2.75) is 236 Å². The number of fused-ring (bicyclic) bond motifs is 10. The Morgan fingerprint density at radius 2 is 0.851 bits per heavy atom. The molecule has 8 saturated carbocycles. The first-order valence-electron chi connectivity index (χ1n) is 28.6. The van der Waals surface area contributed by atoms with Crippen molar-refractivity contribution in [3.63, 3.8) is 0 Å². The van der Waals surface area contributed by atoms with E-state index in [2.05, 4.69) is 55.4 Å². The number of esters is 2. The minimum atomic E-state index is -0.953. The zero-order valence-electron chi connectivity index (χ0n) is 47.7. The van der Waals surface area contributed by atoms with Crippen molar-refractivity contribution in [1.29, 1.82) is 0 Å². The minimum Gasteiger partial charge on any atom is -0.478 e. The molecule has 20 atom stereocenters. The molecule has 8 fully saturated rings. The van der Waals surface area contributed by atoms with E-state index < -0.39 is 48.3 Å². The van der Waals surface area contributed by atoms with Crippen LogP contribution in [0.5, 0.6) is 0 Å². The Balaban J connectivity index is 0.000000216. The molecule has 8 aliphatic rings. The van der Waals surface area contributed by atoms with Gasteiger partial charge in [0.25, 0.3) is 0 Å². The highest BCUT2D eigenvalue weighted by Crippen LogP contribution is 2.76. The normalized spacial score (nSPS) is 46.2. The van der Waals surface area contributed by atoms with E-state index in [9.17, 15) is 49.8 Å². The van der Waals surface area contributed by atoms with Gasteiger partial charge in [-0.25, -0.2) is 9.59 Å². The summed E-state index contributed by atoms with van der Waals surface area (Å²) >= 11 is 0. The Morgan fingerprint density at radius 1 is 0.514 bits per heavy atom. The third-order valence-electron chi connectivity index (χ3n) is 23.1. The average Bonchev–Trinajstić information content (AvgIpc) is 3.72. The van der Waals surface area contributed by atoms with Gasteiger partial charge in [0, 0.05) is 25.0 Å². The molecule has 0 aliphatic heterocycles. The van der Waals surface area contributed by atoms with Crippen molar-refractivity contribution in [1.82, 2.24) is 0 Å². The van der Waals surface area contributed by atoms with E-state index in [1.165, 1.54) is 13.8 Å². The van der Waals surface area contributed by atoms with Crippen LogP contribution < -0.4 is 0 Å². The van der Waals surface area contributed by atoms with Crippen LogP contribution in [0.1, 0.15) is 200 Å². The van der Waals surface area contributed by atoms with Gasteiger partial charge < -0.3 is 40.1 Å². The molecule has 8 rings (SSSR count). The smallest absolute Gasteiger partial charge is 0.331 e. The van der Waals surface area contributed by atoms with Crippen LogP contribution in [0.15, 0.2) is 45.6 Å². The van der Waals surface area contributed by atoms with E-state index in [-0.39, 0.29) is 80.2 Å². The summed E-state index contributed by atoms with van der Waals surface area (Å²) in [6.07, 6.45) is 12.4. The summed E-state index contributed by atoms with van der Waals surface area (Å²) in [5.74, 6) is -1.82. The molecule has 12 nitrogen and oxygen atoms in total. The number of carboxylic acids is 2. The van der Waals surface area contributed by atoms with Crippen molar-refractivity contribution in [3.05, 3.63) is 45.6 Å². The lowest BCUT2D eigenvalue weighted by molar-refractivity contribution is -0.234. The molecule has 0 saturated heterocycles. The van der Waals surface area contributed by atoms with Crippen molar-refractivity contribution in [2.75, 3.05) is 0 Å². The number of ether oxygens (including phenoxy) is 2. The maximum atomic E-state index is 12.6. The molecule has 12 heteroatoms. The fourth-order valence-corrected chi connectivity index (χ4v) is 19.6. The summed E-state index contributed by atoms with van der Waals surface area (Å²) in [5.41, 5.74) is 3.14. The third kappa shape index (κ3) is 9.64. The highest BCUT2D eigenvalue weighted by atomic mass is 16.5. The first-order valence-corrected chi connectivity index (χ1v) is 28.6. The van der Waals surface area contributed by atoms with Crippen LogP contribution in [-0.2, 0) is 28.7 Å². The van der Waals surface area contributed by atoms with E-state index in [4.69, 9.17) is 9.47 Å². The number of aliphatic carboxylic acids is 2. The standard InChI is InChI=1S/2C31H48O6/c2*1-17(2)9-8-10-20(28(35)36)26-22-15-24(34)27-29(5)13-12-23(33)18(3)21(29)11-14-30(27,6)31(22,7)16-25(26)37-19(4)32/h2*9,18,21-25,27,33-34H,8,10-16H2,1-7H3,(H,35,36)/b2*26-20-/t2*18-,21-,22-,23+,24+,25-,27-,29-,30-,31-/m00/s1. The zero-order chi connectivity index (χ0) is 55.0. The predicted molar refractivity (Wildman–Crippen MR) is 285 cm³/mol. The van der Waals surface area contributed by atoms with Gasteiger partial charge in [-0.3, -0.25) is 9.59 Å². The van der Waals surface area contributed by atoms with Crippen molar-refractivity contribution in [3.8, 4) is 0 Å². The molecule has 0 spiro atoms. The van der Waals surface area contributed by atoms with Crippen molar-refractivity contribution < 1.29 is 59.3 Å². The SMILES string of the molecule is CC(=O)O[C@H]1C[C@@]2(C)[C@@H](C[C@@H](O)[C@H]3[C@@]4(C)CC[C@@H](O)[C@@H](C)[C@@H]4CC[C@@]32C)/C1=C(\CCC=C(C)C)C(=O)O.CC(=O)O[C@H]1C[C@@]2(C)[C@@H](C[C@@H](O)[C@H]3[C@@]4(C)CC[C@@H](O)[C@@H](C)[C@@H]4CC[C@@]32C)/C1=C(\CCC=C(C)C)C(=O)O. The van der Waals surface area contributed by atoms with Gasteiger partial charge >= 0.3 is 23.9 Å². The molecule has 0 bridgehead atoms. The molecule has 0 heterocycles. The second kappa shape index (κ2) is 21.1. The Hall–Kier alpha value is -3.32. The maximum absolute atomic E-state index is 12.6. The minimum absolute atomic E-state index is 0.0474. The molecular weight excluding hydrogens is 937 g/mol. The van der Waals surface area contributed by atoms with Gasteiger partial charge in [0.1, 0.15) is 12.2 Å². The van der Waals surface area contributed by atoms with E-state index in [1.807, 2.05) is 39.8 Å². The fourth-order valence-electron chi connectivity index (χ4n) is 19.6. The van der Waals surface area contributed by atoms with Gasteiger partial charge in [-0.05, 0) is 221 Å². The number of hydrogen-bond acceptors (Lipinski definition) is 10. The summed E-state index contributed by atoms with van der Waals surface area (Å²) in [6.45, 7) is 28.9. The summed E-state index contributed by atoms with van der Waals surface area (Å²) in [4.78, 5) is 49.7. The lowest BCUT2D eigenvalue weighted by atomic mass is 9.36. The number of carboxylic acid groups (broad SMARTS) is 2. The zero-order valence-corrected chi connectivity index (χ0v) is 47.7. The molecule has 6 N–H and O–H groups in total. The number of hydrogen-bond donors (Lipinski definition) is 6. The van der Waals surface area contributed by atoms with Gasteiger partial charge in [-0.2, -0.15) is 0 Å². The van der Waals surface area contributed by atoms with Crippen LogP contribution in [0.2, 0.25) is 0 Å². The van der Waals surface area contributed by atoms with Crippen LogP contribution in [0, 0.1) is 79.8 Å². The third-order valence-corrected chi connectivity index (χ3v) is 23.1. The van der Waals surface area contributed by atoms with Gasteiger partial charge in [0.05, 0.1) is 24.4 Å². The number of aliphatic hydroxyl groups is 4. The molecule has 0 aromatic carbocycles. The summed E-state index contributed by atoms with van der Waals surface area (Å²) in [5, 5.41) is 65.8. The average molecular weight is 1030 g/mol. The monoisotopic (exact) mass is 1030 g/mol. The number of aliphatic hydroxyl groups excluding tert-OH is 4. The van der Waals surface area contributed by atoms with Gasteiger partial charge in [0.15, 0.2) is 0 Å². The van der Waals surface area contributed by atoms with Crippen molar-refractivity contribution >= 4 is 23.9 Å². The molecule has 0 aromatic heterocycles. The van der Waals surface area contributed by atoms with E-state index >= 15 is 0 Å². The van der Waals surface area contributed by atoms with Crippen LogP contribution in [0.3, 0.4) is 0 Å². The quantitative estimate of drug-likeness (QED) is 0.0686. The molecule has 74 heavy (non-hydrogen) atoms. The lowest BCUT2D eigenvalue weighted by Gasteiger charge is -2.69. The fraction of sp³-hybridized carbons (Fsp3) is 0.806. The largest absolute Gasteiger partial charge is 0.478 e.